The Hall–Kier alpha value is 0.330. The highest BCUT2D eigenvalue weighted by molar-refractivity contribution is 14.2. The van der Waals surface area contributed by atoms with Crippen LogP contribution in [0.25, 0.3) is 0 Å². The van der Waals surface area contributed by atoms with Crippen LogP contribution in [0.2, 0.25) is 5.02 Å². The van der Waals surface area contributed by atoms with Crippen LogP contribution in [0.3, 0.4) is 0 Å². The first kappa shape index (κ1) is 16.3. The molecule has 1 aromatic rings. The molecule has 6 heteroatoms. The number of hydrogen-bond donors (Lipinski definition) is 0. The fourth-order valence-corrected chi connectivity index (χ4v) is 2.68. The van der Waals surface area contributed by atoms with Gasteiger partial charge in [0.25, 0.3) is 5.56 Å². The molecule has 0 radical (unpaired) electrons. The summed E-state index contributed by atoms with van der Waals surface area (Å²) in [5, 5.41) is 4.37. The van der Waals surface area contributed by atoms with Gasteiger partial charge in [0.05, 0.1) is 12.6 Å². The van der Waals surface area contributed by atoms with Gasteiger partial charge in [0.2, 0.25) is 0 Å². The van der Waals surface area contributed by atoms with E-state index in [0.29, 0.717) is 11.4 Å². The number of nitrogens with zero attached hydrogens (tertiary/aromatic N) is 2. The number of aryl methyl sites for hydroxylation is 1. The van der Waals surface area contributed by atoms with E-state index in [1.165, 1.54) is 4.45 Å². The average Bonchev–Trinajstić information content (AvgIpc) is 2.34. The van der Waals surface area contributed by atoms with Gasteiger partial charge < -0.3 is 0 Å². The van der Waals surface area contributed by atoms with Crippen LogP contribution in [0.15, 0.2) is 11.0 Å². The molecule has 3 nitrogen and oxygen atoms in total. The minimum atomic E-state index is -0.173. The predicted octanol–water partition coefficient (Wildman–Crippen LogP) is 4.06. The summed E-state index contributed by atoms with van der Waals surface area (Å²) >= 11 is 8.05. The largest absolute Gasteiger partial charge is 0.289 e. The Bertz CT molecular complexity index is 370. The molecule has 0 aliphatic carbocycles. The minimum absolute atomic E-state index is 0.173. The molecule has 0 saturated heterocycles. The van der Waals surface area contributed by atoms with E-state index in [2.05, 4.69) is 34.1 Å². The summed E-state index contributed by atoms with van der Waals surface area (Å²) in [5.41, 5.74) is 0.692. The molecule has 1 heterocycles. The van der Waals surface area contributed by atoms with Crippen molar-refractivity contribution in [1.82, 2.24) is 9.55 Å². The number of unbranched alkanes of at least 4 members (excludes halogenated alkanes) is 1. The summed E-state index contributed by atoms with van der Waals surface area (Å²) in [7, 11) is 0. The van der Waals surface area contributed by atoms with Crippen LogP contribution >= 0.6 is 40.0 Å². The van der Waals surface area contributed by atoms with E-state index in [-0.39, 0.29) is 5.56 Å². The van der Waals surface area contributed by atoms with E-state index in [4.69, 9.17) is 11.6 Å². The van der Waals surface area contributed by atoms with Gasteiger partial charge in [0, 0.05) is 0 Å². The van der Waals surface area contributed by atoms with Crippen molar-refractivity contribution in [1.29, 1.82) is 0 Å². The molecule has 16 heavy (non-hydrogen) atoms. The summed E-state index contributed by atoms with van der Waals surface area (Å²) in [6.07, 6.45) is 4.97. The molecule has 0 aliphatic heterocycles. The number of rotatable bonds is 4. The van der Waals surface area contributed by atoms with Crippen molar-refractivity contribution in [2.45, 2.75) is 40.0 Å². The first-order valence-corrected chi connectivity index (χ1v) is 9.78. The van der Waals surface area contributed by atoms with Gasteiger partial charge in [-0.05, 0) is 40.4 Å². The first-order chi connectivity index (χ1) is 7.70. The molecular weight excluding hydrogens is 357 g/mol. The van der Waals surface area contributed by atoms with E-state index in [1.54, 1.807) is 6.20 Å². The van der Waals surface area contributed by atoms with Crippen LogP contribution < -0.4 is 5.56 Å². The molecule has 0 amide bonds. The van der Waals surface area contributed by atoms with Crippen molar-refractivity contribution in [3.63, 3.8) is 0 Å². The average molecular weight is 375 g/mol. The minimum Gasteiger partial charge on any atom is -0.266 e. The van der Waals surface area contributed by atoms with E-state index >= 15 is 0 Å². The van der Waals surface area contributed by atoms with Crippen LogP contribution in [0.4, 0.5) is 0 Å². The molecule has 1 aromatic heterocycles. The van der Waals surface area contributed by atoms with Crippen molar-refractivity contribution >= 4 is 40.0 Å². The Kier molecular flexibility index (Phi) is 9.56. The molecule has 0 aliphatic rings. The standard InChI is InChI=1S/C8H11ClIN2OP.C2H6/c1-2-3-4-6-5-11-12(14-10)8(13)7(6)9;1-2/h5,14H,2-4H2,1H3;1-2H3. The molecule has 92 valence electrons. The van der Waals surface area contributed by atoms with Crippen molar-refractivity contribution in [2.75, 3.05) is 0 Å². The fraction of sp³-hybridized carbons (Fsp3) is 0.600. The van der Waals surface area contributed by atoms with Gasteiger partial charge >= 0.3 is 0 Å². The molecule has 0 fully saturated rings. The van der Waals surface area contributed by atoms with Crippen molar-refractivity contribution in [3.8, 4) is 0 Å². The smallest absolute Gasteiger partial charge is 0.266 e. The fourth-order valence-electron chi connectivity index (χ4n) is 1.07. The highest BCUT2D eigenvalue weighted by atomic mass is 127. The van der Waals surface area contributed by atoms with Gasteiger partial charge in [-0.1, -0.05) is 38.8 Å². The molecule has 1 rings (SSSR count). The van der Waals surface area contributed by atoms with Crippen molar-refractivity contribution in [2.24, 2.45) is 0 Å². The second kappa shape index (κ2) is 9.37. The Labute approximate surface area is 116 Å². The van der Waals surface area contributed by atoms with Crippen LogP contribution in [-0.2, 0) is 6.42 Å². The van der Waals surface area contributed by atoms with Crippen LogP contribution in [0.1, 0.15) is 39.2 Å². The molecule has 1 unspecified atom stereocenters. The topological polar surface area (TPSA) is 34.9 Å². The third-order valence-electron chi connectivity index (χ3n) is 1.87. The van der Waals surface area contributed by atoms with Gasteiger partial charge in [-0.3, -0.25) is 4.79 Å². The third kappa shape index (κ3) is 4.68. The maximum absolute atomic E-state index is 11.6. The lowest BCUT2D eigenvalue weighted by Crippen LogP contribution is -2.17. The number of halogens is 2. The summed E-state index contributed by atoms with van der Waals surface area (Å²) < 4.78 is 1.39. The Balaban J connectivity index is 0.00000106. The van der Waals surface area contributed by atoms with Gasteiger partial charge in [0.1, 0.15) is 5.02 Å². The van der Waals surface area contributed by atoms with E-state index in [9.17, 15) is 4.79 Å². The van der Waals surface area contributed by atoms with Crippen LogP contribution in [0.5, 0.6) is 0 Å². The number of aromatic nitrogens is 2. The quantitative estimate of drug-likeness (QED) is 0.588. The summed E-state index contributed by atoms with van der Waals surface area (Å²) in [6.45, 7) is 6.11. The summed E-state index contributed by atoms with van der Waals surface area (Å²) in [6, 6.07) is 0. The zero-order chi connectivity index (χ0) is 12.6. The predicted molar refractivity (Wildman–Crippen MR) is 81.2 cm³/mol. The van der Waals surface area contributed by atoms with Gasteiger partial charge in [-0.25, -0.2) is 4.45 Å². The molecule has 0 N–H and O–H groups in total. The highest BCUT2D eigenvalue weighted by Crippen LogP contribution is 2.21. The van der Waals surface area contributed by atoms with Crippen molar-refractivity contribution < 1.29 is 0 Å². The lowest BCUT2D eigenvalue weighted by molar-refractivity contribution is 0.779. The second-order valence-corrected chi connectivity index (χ2v) is 5.31. The van der Waals surface area contributed by atoms with E-state index < -0.39 is 0 Å². The van der Waals surface area contributed by atoms with Gasteiger partial charge in [0.15, 0.2) is 0 Å². The second-order valence-electron chi connectivity index (χ2n) is 2.89. The zero-order valence-corrected chi connectivity index (χ0v) is 13.7. The molecular formula is C10H17ClIN2OP. The molecule has 0 spiro atoms. The van der Waals surface area contributed by atoms with Crippen LogP contribution in [0, 0.1) is 0 Å². The lowest BCUT2D eigenvalue weighted by atomic mass is 10.1. The maximum atomic E-state index is 11.6. The molecule has 0 aromatic carbocycles. The number of hydrogen-bond acceptors (Lipinski definition) is 2. The maximum Gasteiger partial charge on any atom is 0.289 e. The normalized spacial score (nSPS) is 10.3. The van der Waals surface area contributed by atoms with Crippen molar-refractivity contribution in [3.05, 3.63) is 27.1 Å². The highest BCUT2D eigenvalue weighted by Gasteiger charge is 2.07. The SMILES string of the molecule is CC.CCCCc1cnn(PI)c(=O)c1Cl. The Morgan fingerprint density at radius 3 is 2.69 bits per heavy atom. The Morgan fingerprint density at radius 1 is 1.56 bits per heavy atom. The first-order valence-electron chi connectivity index (χ1n) is 5.34. The molecule has 0 bridgehead atoms. The molecule has 1 atom stereocenters. The van der Waals surface area contributed by atoms with Crippen LogP contribution in [-0.4, -0.2) is 9.55 Å². The van der Waals surface area contributed by atoms with E-state index in [1.807, 2.05) is 13.8 Å². The van der Waals surface area contributed by atoms with E-state index in [0.717, 1.165) is 24.8 Å². The summed E-state index contributed by atoms with van der Waals surface area (Å²) in [4.78, 5) is 11.6. The van der Waals surface area contributed by atoms with Gasteiger partial charge in [-0.15, -0.1) is 0 Å². The molecule has 0 saturated carbocycles. The lowest BCUT2D eigenvalue weighted by Gasteiger charge is -2.04. The zero-order valence-electron chi connectivity index (χ0n) is 9.76. The monoisotopic (exact) mass is 374 g/mol. The summed E-state index contributed by atoms with van der Waals surface area (Å²) in [5.74, 6) is 0. The van der Waals surface area contributed by atoms with Gasteiger partial charge in [-0.2, -0.15) is 5.10 Å². The Morgan fingerprint density at radius 2 is 2.19 bits per heavy atom. The third-order valence-corrected chi connectivity index (χ3v) is 4.12.